The van der Waals surface area contributed by atoms with E-state index in [-0.39, 0.29) is 12.0 Å². The van der Waals surface area contributed by atoms with Crippen molar-refractivity contribution >= 4 is 21.9 Å². The minimum absolute atomic E-state index is 0.261. The van der Waals surface area contributed by atoms with Crippen LogP contribution in [0.1, 0.15) is 67.5 Å². The van der Waals surface area contributed by atoms with Gasteiger partial charge < -0.3 is 9.47 Å². The normalized spacial score (nSPS) is 25.9. The van der Waals surface area contributed by atoms with E-state index in [0.29, 0.717) is 25.1 Å². The SMILES string of the molecule is CCCc1c(C2CCC(N3C[C@H](C(=O)OC)OC[C@@H]3Cc3ccc(Br)cc3)CC2)nn(C)c1C. The second kappa shape index (κ2) is 11.4. The first kappa shape index (κ1) is 25.4. The summed E-state index contributed by atoms with van der Waals surface area (Å²) < 4.78 is 14.1. The second-order valence-electron chi connectivity index (χ2n) is 9.85. The number of rotatable bonds is 7. The van der Waals surface area contributed by atoms with Crippen LogP contribution in [-0.2, 0) is 34.2 Å². The lowest BCUT2D eigenvalue weighted by Crippen LogP contribution is -2.57. The van der Waals surface area contributed by atoms with Gasteiger partial charge >= 0.3 is 5.97 Å². The van der Waals surface area contributed by atoms with Crippen LogP contribution in [0.3, 0.4) is 0 Å². The lowest BCUT2D eigenvalue weighted by molar-refractivity contribution is -0.165. The molecule has 0 N–H and O–H groups in total. The van der Waals surface area contributed by atoms with Crippen LogP contribution in [0.5, 0.6) is 0 Å². The van der Waals surface area contributed by atoms with Gasteiger partial charge in [0.2, 0.25) is 0 Å². The van der Waals surface area contributed by atoms with Crippen LogP contribution >= 0.6 is 15.9 Å². The van der Waals surface area contributed by atoms with Crippen molar-refractivity contribution in [3.8, 4) is 0 Å². The topological polar surface area (TPSA) is 56.6 Å². The number of esters is 1. The summed E-state index contributed by atoms with van der Waals surface area (Å²) in [5, 5.41) is 4.93. The first-order chi connectivity index (χ1) is 16.4. The molecule has 2 heterocycles. The summed E-state index contributed by atoms with van der Waals surface area (Å²) in [6.45, 7) is 5.60. The molecule has 1 aliphatic carbocycles. The maximum Gasteiger partial charge on any atom is 0.336 e. The van der Waals surface area contributed by atoms with Gasteiger partial charge in [0.15, 0.2) is 6.10 Å². The zero-order valence-corrected chi connectivity index (χ0v) is 22.5. The van der Waals surface area contributed by atoms with Crippen molar-refractivity contribution in [1.82, 2.24) is 14.7 Å². The van der Waals surface area contributed by atoms with Crippen LogP contribution in [0, 0.1) is 6.92 Å². The number of carbonyl (C=O) groups is 1. The molecule has 2 aromatic rings. The molecule has 0 amide bonds. The van der Waals surface area contributed by atoms with Gasteiger partial charge in [-0.15, -0.1) is 0 Å². The predicted octanol–water partition coefficient (Wildman–Crippen LogP) is 4.95. The molecule has 1 saturated heterocycles. The van der Waals surface area contributed by atoms with E-state index in [1.807, 2.05) is 0 Å². The largest absolute Gasteiger partial charge is 0.467 e. The third-order valence-electron chi connectivity index (χ3n) is 7.73. The van der Waals surface area contributed by atoms with Crippen LogP contribution < -0.4 is 0 Å². The average molecular weight is 533 g/mol. The van der Waals surface area contributed by atoms with Gasteiger partial charge in [-0.25, -0.2) is 4.79 Å². The van der Waals surface area contributed by atoms with Gasteiger partial charge in [-0.3, -0.25) is 9.58 Å². The molecule has 6 nitrogen and oxygen atoms in total. The van der Waals surface area contributed by atoms with Crippen molar-refractivity contribution in [3.05, 3.63) is 51.3 Å². The third-order valence-corrected chi connectivity index (χ3v) is 8.25. The smallest absolute Gasteiger partial charge is 0.336 e. The number of hydrogen-bond acceptors (Lipinski definition) is 5. The van der Waals surface area contributed by atoms with E-state index < -0.39 is 6.10 Å². The Morgan fingerprint density at radius 1 is 1.21 bits per heavy atom. The van der Waals surface area contributed by atoms with Gasteiger partial charge in [-0.2, -0.15) is 5.10 Å². The van der Waals surface area contributed by atoms with Crippen LogP contribution in [0.4, 0.5) is 0 Å². The first-order valence-electron chi connectivity index (χ1n) is 12.6. The molecule has 186 valence electrons. The van der Waals surface area contributed by atoms with Gasteiger partial charge in [-0.1, -0.05) is 41.4 Å². The molecule has 34 heavy (non-hydrogen) atoms. The lowest BCUT2D eigenvalue weighted by Gasteiger charge is -2.45. The van der Waals surface area contributed by atoms with E-state index >= 15 is 0 Å². The number of benzene rings is 1. The van der Waals surface area contributed by atoms with Crippen molar-refractivity contribution in [2.75, 3.05) is 20.3 Å². The molecular formula is C27H38BrN3O3. The third kappa shape index (κ3) is 5.58. The molecule has 2 aliphatic rings. The van der Waals surface area contributed by atoms with Gasteiger partial charge in [0.1, 0.15) is 0 Å². The summed E-state index contributed by atoms with van der Waals surface area (Å²) in [5.41, 5.74) is 5.38. The Balaban J connectivity index is 1.47. The minimum atomic E-state index is -0.501. The molecule has 2 atom stereocenters. The molecule has 0 radical (unpaired) electrons. The number of methoxy groups -OCH3 is 1. The highest BCUT2D eigenvalue weighted by molar-refractivity contribution is 9.10. The number of halogens is 1. The minimum Gasteiger partial charge on any atom is -0.467 e. The van der Waals surface area contributed by atoms with E-state index in [1.54, 1.807) is 0 Å². The maximum absolute atomic E-state index is 12.3. The molecule has 7 heteroatoms. The van der Waals surface area contributed by atoms with Crippen LogP contribution in [0.15, 0.2) is 28.7 Å². The second-order valence-corrected chi connectivity index (χ2v) is 10.8. The standard InChI is InChI=1S/C27H38BrN3O3/c1-5-6-24-18(2)30(3)29-26(24)20-9-13-22(14-10-20)31-16-25(27(32)33-4)34-17-23(31)15-19-7-11-21(28)12-8-19/h7-8,11-12,20,22-23,25H,5-6,9-10,13-17H2,1-4H3/t20?,22?,23-,25+/m0/s1. The highest BCUT2D eigenvalue weighted by Gasteiger charge is 2.39. The molecule has 0 unspecified atom stereocenters. The summed E-state index contributed by atoms with van der Waals surface area (Å²) in [6.07, 6.45) is 7.20. The Morgan fingerprint density at radius 3 is 2.56 bits per heavy atom. The Kier molecular flexibility index (Phi) is 8.48. The molecule has 1 saturated carbocycles. The van der Waals surface area contributed by atoms with Crippen molar-refractivity contribution in [1.29, 1.82) is 0 Å². The van der Waals surface area contributed by atoms with E-state index in [1.165, 1.54) is 29.6 Å². The van der Waals surface area contributed by atoms with Crippen molar-refractivity contribution in [2.45, 2.75) is 82.9 Å². The predicted molar refractivity (Wildman–Crippen MR) is 137 cm³/mol. The fourth-order valence-electron chi connectivity index (χ4n) is 5.75. The first-order valence-corrected chi connectivity index (χ1v) is 13.4. The molecule has 1 aromatic carbocycles. The summed E-state index contributed by atoms with van der Waals surface area (Å²) in [6, 6.07) is 9.24. The fraction of sp³-hybridized carbons (Fsp3) is 0.630. The lowest BCUT2D eigenvalue weighted by atomic mass is 9.81. The Hall–Kier alpha value is -1.70. The van der Waals surface area contributed by atoms with Gasteiger partial charge in [0.05, 0.1) is 19.4 Å². The maximum atomic E-state index is 12.3. The molecule has 0 spiro atoms. The summed E-state index contributed by atoms with van der Waals surface area (Å²) in [7, 11) is 3.51. The molecule has 0 bridgehead atoms. The summed E-state index contributed by atoms with van der Waals surface area (Å²) in [4.78, 5) is 14.8. The van der Waals surface area contributed by atoms with Crippen LogP contribution in [0.2, 0.25) is 0 Å². The zero-order chi connectivity index (χ0) is 24.2. The van der Waals surface area contributed by atoms with Gasteiger partial charge in [0, 0.05) is 41.8 Å². The van der Waals surface area contributed by atoms with Crippen molar-refractivity contribution in [3.63, 3.8) is 0 Å². The Bertz CT molecular complexity index is 966. The van der Waals surface area contributed by atoms with E-state index in [4.69, 9.17) is 14.6 Å². The number of nitrogens with zero attached hydrogens (tertiary/aromatic N) is 3. The van der Waals surface area contributed by atoms with Crippen molar-refractivity contribution < 1.29 is 14.3 Å². The monoisotopic (exact) mass is 531 g/mol. The van der Waals surface area contributed by atoms with Crippen LogP contribution in [-0.4, -0.2) is 59.1 Å². The number of hydrogen-bond donors (Lipinski definition) is 0. The molecule has 4 rings (SSSR count). The van der Waals surface area contributed by atoms with Gasteiger partial charge in [-0.05, 0) is 68.7 Å². The summed E-state index contributed by atoms with van der Waals surface area (Å²) in [5.74, 6) is 0.258. The van der Waals surface area contributed by atoms with Gasteiger partial charge in [0.25, 0.3) is 0 Å². The van der Waals surface area contributed by atoms with E-state index in [9.17, 15) is 4.79 Å². The number of carbonyl (C=O) groups excluding carboxylic acids is 1. The zero-order valence-electron chi connectivity index (χ0n) is 20.9. The number of ether oxygens (including phenoxy) is 2. The molecular weight excluding hydrogens is 494 g/mol. The Labute approximate surface area is 212 Å². The quantitative estimate of drug-likeness (QED) is 0.473. The van der Waals surface area contributed by atoms with Crippen LogP contribution in [0.25, 0.3) is 0 Å². The van der Waals surface area contributed by atoms with Crippen molar-refractivity contribution in [2.24, 2.45) is 7.05 Å². The molecule has 1 aromatic heterocycles. The number of aromatic nitrogens is 2. The number of morpholine rings is 1. The summed E-state index contributed by atoms with van der Waals surface area (Å²) >= 11 is 3.53. The number of aryl methyl sites for hydroxylation is 1. The average Bonchev–Trinajstić information content (AvgIpc) is 3.14. The highest BCUT2D eigenvalue weighted by Crippen LogP contribution is 2.38. The molecule has 2 fully saturated rings. The fourth-order valence-corrected chi connectivity index (χ4v) is 6.02. The van der Waals surface area contributed by atoms with E-state index in [2.05, 4.69) is 70.7 Å². The molecule has 1 aliphatic heterocycles. The Morgan fingerprint density at radius 2 is 1.91 bits per heavy atom. The highest BCUT2D eigenvalue weighted by atomic mass is 79.9. The van der Waals surface area contributed by atoms with E-state index in [0.717, 1.165) is 49.4 Å².